The fourth-order valence-corrected chi connectivity index (χ4v) is 5.30. The molecule has 1 saturated carbocycles. The molecule has 1 aromatic carbocycles. The fraction of sp³-hybridized carbons (Fsp3) is 0.538. The third-order valence-electron chi connectivity index (χ3n) is 7.44. The van der Waals surface area contributed by atoms with Crippen molar-refractivity contribution in [3.63, 3.8) is 0 Å². The lowest BCUT2D eigenvalue weighted by Crippen LogP contribution is -2.47. The van der Waals surface area contributed by atoms with E-state index in [9.17, 15) is 18.0 Å². The van der Waals surface area contributed by atoms with Gasteiger partial charge in [-0.2, -0.15) is 13.2 Å². The third-order valence-corrected chi connectivity index (χ3v) is 7.44. The maximum Gasteiger partial charge on any atom is 0.403 e. The highest BCUT2D eigenvalue weighted by atomic mass is 19.4. The first-order valence-electron chi connectivity index (χ1n) is 12.6. The van der Waals surface area contributed by atoms with Crippen LogP contribution in [0.1, 0.15) is 38.2 Å². The van der Waals surface area contributed by atoms with Crippen LogP contribution >= 0.6 is 0 Å². The van der Waals surface area contributed by atoms with E-state index in [-0.39, 0.29) is 17.9 Å². The molecule has 1 atom stereocenters. The van der Waals surface area contributed by atoms with Gasteiger partial charge in [0.25, 0.3) is 0 Å². The number of anilines is 4. The molecule has 3 heterocycles. The van der Waals surface area contributed by atoms with Gasteiger partial charge in [0.2, 0.25) is 5.91 Å². The van der Waals surface area contributed by atoms with Crippen LogP contribution in [0.15, 0.2) is 36.5 Å². The lowest BCUT2D eigenvalue weighted by atomic mass is 9.84. The number of ether oxygens (including phenoxy) is 1. The Kier molecular flexibility index (Phi) is 7.07. The zero-order valence-electron chi connectivity index (χ0n) is 20.4. The number of nitrogens with one attached hydrogen (secondary N) is 2. The summed E-state index contributed by atoms with van der Waals surface area (Å²) in [6.45, 7) is 4.44. The predicted octanol–water partition coefficient (Wildman–Crippen LogP) is 4.61. The molecule has 1 saturated heterocycles. The standard InChI is InChI=1S/C26H32F3N5O2/c1-17(26(27,28)29)31-20-6-4-18(5-7-20)25(35)34-16-19-3-2-10-30-24(19)32-22-9-8-21(15-23(22)34)33-11-13-36-14-12-33/h2-3,8-10,15,17-18,20,31H,4-7,11-14,16H2,1H3,(H,30,32)/t17-,18?,20?/m0/s1. The molecule has 36 heavy (non-hydrogen) atoms. The summed E-state index contributed by atoms with van der Waals surface area (Å²) >= 11 is 0. The summed E-state index contributed by atoms with van der Waals surface area (Å²) < 4.78 is 44.4. The van der Waals surface area contributed by atoms with Gasteiger partial charge < -0.3 is 25.2 Å². The number of halogens is 3. The van der Waals surface area contributed by atoms with Crippen LogP contribution in [0.5, 0.6) is 0 Å². The molecular weight excluding hydrogens is 471 g/mol. The maximum absolute atomic E-state index is 13.9. The molecule has 1 amide bonds. The average Bonchev–Trinajstić information content (AvgIpc) is 3.05. The largest absolute Gasteiger partial charge is 0.403 e. The van der Waals surface area contributed by atoms with E-state index in [0.717, 1.165) is 48.5 Å². The topological polar surface area (TPSA) is 69.7 Å². The molecule has 0 bridgehead atoms. The van der Waals surface area contributed by atoms with Gasteiger partial charge in [0.15, 0.2) is 0 Å². The molecule has 7 nitrogen and oxygen atoms in total. The van der Waals surface area contributed by atoms with Crippen molar-refractivity contribution in [2.75, 3.05) is 41.4 Å². The summed E-state index contributed by atoms with van der Waals surface area (Å²) in [5, 5.41) is 6.10. The second kappa shape index (κ2) is 10.3. The van der Waals surface area contributed by atoms with Crippen LogP contribution in [-0.4, -0.2) is 55.5 Å². The molecular formula is C26H32F3N5O2. The predicted molar refractivity (Wildman–Crippen MR) is 133 cm³/mol. The van der Waals surface area contributed by atoms with Crippen LogP contribution in [0.4, 0.5) is 36.1 Å². The van der Waals surface area contributed by atoms with E-state index in [2.05, 4.69) is 26.6 Å². The minimum absolute atomic E-state index is 0.0104. The first kappa shape index (κ1) is 24.8. The van der Waals surface area contributed by atoms with Crippen LogP contribution < -0.4 is 20.4 Å². The highest BCUT2D eigenvalue weighted by Gasteiger charge is 2.39. The minimum Gasteiger partial charge on any atom is -0.378 e. The van der Waals surface area contributed by atoms with Gasteiger partial charge >= 0.3 is 6.18 Å². The Hall–Kier alpha value is -2.85. The highest BCUT2D eigenvalue weighted by Crippen LogP contribution is 2.40. The monoisotopic (exact) mass is 503 g/mol. The molecule has 2 aliphatic heterocycles. The van der Waals surface area contributed by atoms with Gasteiger partial charge in [0.1, 0.15) is 11.9 Å². The first-order chi connectivity index (χ1) is 17.3. The molecule has 10 heteroatoms. The molecule has 194 valence electrons. The molecule has 1 aliphatic carbocycles. The van der Waals surface area contributed by atoms with Crippen molar-refractivity contribution in [1.82, 2.24) is 10.3 Å². The van der Waals surface area contributed by atoms with Gasteiger partial charge in [-0.05, 0) is 56.9 Å². The number of carbonyl (C=O) groups excluding carboxylic acids is 1. The summed E-state index contributed by atoms with van der Waals surface area (Å²) in [5.41, 5.74) is 3.56. The number of rotatable bonds is 4. The zero-order chi connectivity index (χ0) is 25.3. The van der Waals surface area contributed by atoms with Crippen LogP contribution in [0.25, 0.3) is 0 Å². The van der Waals surface area contributed by atoms with E-state index in [1.165, 1.54) is 0 Å². The second-order valence-electron chi connectivity index (χ2n) is 9.84. The van der Waals surface area contributed by atoms with Gasteiger partial charge in [0.05, 0.1) is 31.1 Å². The van der Waals surface area contributed by atoms with Crippen LogP contribution in [-0.2, 0) is 16.1 Å². The summed E-state index contributed by atoms with van der Waals surface area (Å²) in [6, 6.07) is 8.12. The molecule has 2 fully saturated rings. The van der Waals surface area contributed by atoms with Crippen LogP contribution in [0, 0.1) is 5.92 Å². The maximum atomic E-state index is 13.9. The number of fused-ring (bicyclic) bond motifs is 2. The Morgan fingerprint density at radius 2 is 1.92 bits per heavy atom. The molecule has 2 N–H and O–H groups in total. The van der Waals surface area contributed by atoms with Gasteiger partial charge in [0, 0.05) is 42.5 Å². The SMILES string of the molecule is C[C@H](NC1CCC(C(=O)N2Cc3cccnc3Nc3ccc(N4CCOCC4)cc32)CC1)C(F)(F)F. The number of hydrogen-bond donors (Lipinski definition) is 2. The van der Waals surface area contributed by atoms with E-state index in [4.69, 9.17) is 4.74 Å². The van der Waals surface area contributed by atoms with Crippen molar-refractivity contribution in [3.8, 4) is 0 Å². The van der Waals surface area contributed by atoms with Crippen molar-refractivity contribution in [2.45, 2.75) is 57.4 Å². The number of hydrogen-bond acceptors (Lipinski definition) is 6. The Morgan fingerprint density at radius 1 is 1.17 bits per heavy atom. The molecule has 2 aromatic rings. The summed E-state index contributed by atoms with van der Waals surface area (Å²) in [5.74, 6) is 0.501. The van der Waals surface area contributed by atoms with E-state index in [1.807, 2.05) is 29.2 Å². The van der Waals surface area contributed by atoms with E-state index < -0.39 is 12.2 Å². The number of morpholine rings is 1. The van der Waals surface area contributed by atoms with Gasteiger partial charge in [-0.15, -0.1) is 0 Å². The first-order valence-corrected chi connectivity index (χ1v) is 12.6. The zero-order valence-corrected chi connectivity index (χ0v) is 20.4. The number of nitrogens with zero attached hydrogens (tertiary/aromatic N) is 3. The van der Waals surface area contributed by atoms with Crippen molar-refractivity contribution in [3.05, 3.63) is 42.1 Å². The Bertz CT molecular complexity index is 1080. The molecule has 1 aromatic heterocycles. The normalized spacial score (nSPS) is 23.2. The Labute approximate surface area is 209 Å². The van der Waals surface area contributed by atoms with E-state index in [1.54, 1.807) is 6.20 Å². The van der Waals surface area contributed by atoms with Gasteiger partial charge in [-0.1, -0.05) is 6.07 Å². The van der Waals surface area contributed by atoms with Gasteiger partial charge in [-0.25, -0.2) is 4.98 Å². The molecule has 5 rings (SSSR count). The summed E-state index contributed by atoms with van der Waals surface area (Å²) in [6.07, 6.45) is -0.341. The third kappa shape index (κ3) is 5.29. The number of benzene rings is 1. The molecule has 0 spiro atoms. The Morgan fingerprint density at radius 3 is 2.64 bits per heavy atom. The number of carbonyl (C=O) groups is 1. The van der Waals surface area contributed by atoms with Crippen molar-refractivity contribution in [2.24, 2.45) is 5.92 Å². The summed E-state index contributed by atoms with van der Waals surface area (Å²) in [7, 11) is 0. The van der Waals surface area contributed by atoms with Crippen molar-refractivity contribution < 1.29 is 22.7 Å². The summed E-state index contributed by atoms with van der Waals surface area (Å²) in [4.78, 5) is 22.5. The number of aromatic nitrogens is 1. The average molecular weight is 504 g/mol. The molecule has 3 aliphatic rings. The van der Waals surface area contributed by atoms with E-state index >= 15 is 0 Å². The van der Waals surface area contributed by atoms with Crippen LogP contribution in [0.2, 0.25) is 0 Å². The van der Waals surface area contributed by atoms with E-state index in [0.29, 0.717) is 45.4 Å². The minimum atomic E-state index is -4.27. The molecule has 0 radical (unpaired) electrons. The number of amides is 1. The number of pyridine rings is 1. The van der Waals surface area contributed by atoms with Crippen molar-refractivity contribution in [1.29, 1.82) is 0 Å². The second-order valence-corrected chi connectivity index (χ2v) is 9.84. The smallest absolute Gasteiger partial charge is 0.378 e. The lowest BCUT2D eigenvalue weighted by Gasteiger charge is -2.34. The lowest BCUT2D eigenvalue weighted by molar-refractivity contribution is -0.154. The van der Waals surface area contributed by atoms with Crippen molar-refractivity contribution >= 4 is 28.8 Å². The van der Waals surface area contributed by atoms with Crippen LogP contribution in [0.3, 0.4) is 0 Å². The highest BCUT2D eigenvalue weighted by molar-refractivity contribution is 6.00. The quantitative estimate of drug-likeness (QED) is 0.635. The number of alkyl halides is 3. The van der Waals surface area contributed by atoms with Gasteiger partial charge in [-0.3, -0.25) is 4.79 Å². The fourth-order valence-electron chi connectivity index (χ4n) is 5.30. The molecule has 0 unspecified atom stereocenters. The Balaban J connectivity index is 1.37.